The Hall–Kier alpha value is -1.26. The second kappa shape index (κ2) is 7.36. The van der Waals surface area contributed by atoms with Crippen LogP contribution < -0.4 is 14.8 Å². The fourth-order valence-electron chi connectivity index (χ4n) is 2.61. The lowest BCUT2D eigenvalue weighted by Crippen LogP contribution is -2.38. The summed E-state index contributed by atoms with van der Waals surface area (Å²) in [6, 6.07) is 8.43. The van der Waals surface area contributed by atoms with Crippen molar-refractivity contribution in [3.8, 4) is 11.5 Å². The lowest BCUT2D eigenvalue weighted by Gasteiger charge is -2.24. The molecule has 106 valence electrons. The van der Waals surface area contributed by atoms with Crippen LogP contribution in [0.2, 0.25) is 0 Å². The third-order valence-corrected chi connectivity index (χ3v) is 3.65. The lowest BCUT2D eigenvalue weighted by molar-refractivity contribution is 0.195. The van der Waals surface area contributed by atoms with E-state index in [4.69, 9.17) is 9.47 Å². The van der Waals surface area contributed by atoms with Gasteiger partial charge in [0.2, 0.25) is 0 Å². The van der Waals surface area contributed by atoms with Gasteiger partial charge in [-0.05, 0) is 50.7 Å². The van der Waals surface area contributed by atoms with Crippen molar-refractivity contribution in [3.63, 3.8) is 0 Å². The van der Waals surface area contributed by atoms with Gasteiger partial charge < -0.3 is 14.8 Å². The maximum atomic E-state index is 5.78. The van der Waals surface area contributed by atoms with Crippen LogP contribution in [-0.2, 0) is 0 Å². The van der Waals surface area contributed by atoms with E-state index in [0.717, 1.165) is 31.2 Å². The molecular weight excluding hydrogens is 240 g/mol. The molecule has 19 heavy (non-hydrogen) atoms. The molecule has 1 unspecified atom stereocenters. The molecule has 1 saturated heterocycles. The maximum absolute atomic E-state index is 5.78. The van der Waals surface area contributed by atoms with Gasteiger partial charge >= 0.3 is 0 Å². The number of ether oxygens (including phenoxy) is 2. The molecule has 1 fully saturated rings. The molecule has 4 heteroatoms. The van der Waals surface area contributed by atoms with Gasteiger partial charge in [0.05, 0.1) is 7.11 Å². The van der Waals surface area contributed by atoms with Crippen LogP contribution in [0, 0.1) is 0 Å². The highest BCUT2D eigenvalue weighted by Crippen LogP contribution is 2.18. The van der Waals surface area contributed by atoms with Crippen LogP contribution in [0.15, 0.2) is 24.3 Å². The van der Waals surface area contributed by atoms with Gasteiger partial charge in [-0.25, -0.2) is 0 Å². The van der Waals surface area contributed by atoms with Crippen molar-refractivity contribution in [2.45, 2.75) is 18.9 Å². The molecule has 1 N–H and O–H groups in total. The first-order valence-electron chi connectivity index (χ1n) is 6.99. The van der Waals surface area contributed by atoms with E-state index in [-0.39, 0.29) is 0 Å². The van der Waals surface area contributed by atoms with E-state index >= 15 is 0 Å². The Morgan fingerprint density at radius 2 is 2.00 bits per heavy atom. The zero-order valence-corrected chi connectivity index (χ0v) is 11.9. The van der Waals surface area contributed by atoms with Crippen LogP contribution in [0.5, 0.6) is 11.5 Å². The van der Waals surface area contributed by atoms with E-state index in [0.29, 0.717) is 6.04 Å². The summed E-state index contributed by atoms with van der Waals surface area (Å²) in [5, 5.41) is 3.26. The Bertz CT molecular complexity index is 367. The molecule has 0 aromatic heterocycles. The molecule has 0 spiro atoms. The molecule has 1 aromatic carbocycles. The number of rotatable bonds is 7. The summed E-state index contributed by atoms with van der Waals surface area (Å²) in [5.41, 5.74) is 0. The number of nitrogens with one attached hydrogen (secondary N) is 1. The molecule has 0 aliphatic carbocycles. The van der Waals surface area contributed by atoms with Crippen molar-refractivity contribution in [1.82, 2.24) is 10.2 Å². The third-order valence-electron chi connectivity index (χ3n) is 3.65. The second-order valence-corrected chi connectivity index (χ2v) is 4.91. The summed E-state index contributed by atoms with van der Waals surface area (Å²) >= 11 is 0. The number of likely N-dealkylation sites (N-methyl/N-ethyl adjacent to an activating group) is 1. The second-order valence-electron chi connectivity index (χ2n) is 4.91. The first-order valence-corrected chi connectivity index (χ1v) is 6.99. The predicted octanol–water partition coefficient (Wildman–Crippen LogP) is 1.76. The molecule has 4 nitrogen and oxygen atoms in total. The topological polar surface area (TPSA) is 33.7 Å². The molecule has 0 radical (unpaired) electrons. The van der Waals surface area contributed by atoms with E-state index in [1.54, 1.807) is 7.11 Å². The zero-order valence-electron chi connectivity index (χ0n) is 11.9. The van der Waals surface area contributed by atoms with Crippen molar-refractivity contribution >= 4 is 0 Å². The van der Waals surface area contributed by atoms with Gasteiger partial charge in [0.1, 0.15) is 18.1 Å². The highest BCUT2D eigenvalue weighted by atomic mass is 16.5. The molecule has 1 aliphatic rings. The minimum atomic E-state index is 0.671. The molecule has 0 amide bonds. The van der Waals surface area contributed by atoms with Gasteiger partial charge in [0.15, 0.2) is 0 Å². The third kappa shape index (κ3) is 4.11. The number of likely N-dealkylation sites (tertiary alicyclic amines) is 1. The molecule has 0 bridgehead atoms. The first-order chi connectivity index (χ1) is 9.33. The SMILES string of the molecule is CNCC1CCCN1CCOc1ccc(OC)cc1. The van der Waals surface area contributed by atoms with Gasteiger partial charge in [0, 0.05) is 19.1 Å². The Labute approximate surface area is 115 Å². The van der Waals surface area contributed by atoms with Crippen molar-refractivity contribution in [2.24, 2.45) is 0 Å². The van der Waals surface area contributed by atoms with E-state index in [2.05, 4.69) is 10.2 Å². The zero-order chi connectivity index (χ0) is 13.5. The monoisotopic (exact) mass is 264 g/mol. The average Bonchev–Trinajstić information content (AvgIpc) is 2.88. The smallest absolute Gasteiger partial charge is 0.119 e. The minimum Gasteiger partial charge on any atom is -0.497 e. The highest BCUT2D eigenvalue weighted by molar-refractivity contribution is 5.31. The van der Waals surface area contributed by atoms with E-state index in [9.17, 15) is 0 Å². The van der Waals surface area contributed by atoms with E-state index in [1.807, 2.05) is 31.3 Å². The number of hydrogen-bond acceptors (Lipinski definition) is 4. The van der Waals surface area contributed by atoms with Crippen LogP contribution in [-0.4, -0.2) is 51.3 Å². The summed E-state index contributed by atoms with van der Waals surface area (Å²) < 4.78 is 10.9. The normalized spacial score (nSPS) is 19.6. The lowest BCUT2D eigenvalue weighted by atomic mass is 10.2. The number of benzene rings is 1. The van der Waals surface area contributed by atoms with Crippen LogP contribution in [0.1, 0.15) is 12.8 Å². The van der Waals surface area contributed by atoms with Gasteiger partial charge in [-0.15, -0.1) is 0 Å². The minimum absolute atomic E-state index is 0.671. The predicted molar refractivity (Wildman–Crippen MR) is 77.0 cm³/mol. The fourth-order valence-corrected chi connectivity index (χ4v) is 2.61. The Kier molecular flexibility index (Phi) is 5.48. The maximum Gasteiger partial charge on any atom is 0.119 e. The summed E-state index contributed by atoms with van der Waals surface area (Å²) in [6.07, 6.45) is 2.60. The molecule has 2 rings (SSSR count). The van der Waals surface area contributed by atoms with Crippen molar-refractivity contribution in [3.05, 3.63) is 24.3 Å². The van der Waals surface area contributed by atoms with Gasteiger partial charge in [-0.2, -0.15) is 0 Å². The first kappa shape index (κ1) is 14.2. The van der Waals surface area contributed by atoms with Gasteiger partial charge in [-0.1, -0.05) is 0 Å². The van der Waals surface area contributed by atoms with Crippen LogP contribution in [0.25, 0.3) is 0 Å². The molecule has 1 aliphatic heterocycles. The Morgan fingerprint density at radius 3 is 2.68 bits per heavy atom. The van der Waals surface area contributed by atoms with Crippen molar-refractivity contribution < 1.29 is 9.47 Å². The molecule has 1 aromatic rings. The Morgan fingerprint density at radius 1 is 1.26 bits per heavy atom. The quantitative estimate of drug-likeness (QED) is 0.813. The van der Waals surface area contributed by atoms with Crippen molar-refractivity contribution in [2.75, 3.05) is 40.4 Å². The van der Waals surface area contributed by atoms with Crippen molar-refractivity contribution in [1.29, 1.82) is 0 Å². The fraction of sp³-hybridized carbons (Fsp3) is 0.600. The van der Waals surface area contributed by atoms with Gasteiger partial charge in [-0.3, -0.25) is 4.90 Å². The molecule has 1 heterocycles. The van der Waals surface area contributed by atoms with Gasteiger partial charge in [0.25, 0.3) is 0 Å². The summed E-state index contributed by atoms with van der Waals surface area (Å²) in [4.78, 5) is 2.51. The summed E-state index contributed by atoms with van der Waals surface area (Å²) in [5.74, 6) is 1.77. The molecular formula is C15H24N2O2. The Balaban J connectivity index is 1.73. The van der Waals surface area contributed by atoms with Crippen LogP contribution in [0.4, 0.5) is 0 Å². The molecule has 1 atom stereocenters. The van der Waals surface area contributed by atoms with Crippen LogP contribution in [0.3, 0.4) is 0 Å². The average molecular weight is 264 g/mol. The number of nitrogens with zero attached hydrogens (tertiary/aromatic N) is 1. The summed E-state index contributed by atoms with van der Waals surface area (Å²) in [6.45, 7) is 4.01. The highest BCUT2D eigenvalue weighted by Gasteiger charge is 2.23. The van der Waals surface area contributed by atoms with Crippen LogP contribution >= 0.6 is 0 Å². The summed E-state index contributed by atoms with van der Waals surface area (Å²) in [7, 11) is 3.69. The van der Waals surface area contributed by atoms with E-state index in [1.165, 1.54) is 19.4 Å². The standard InChI is InChI=1S/C15H24N2O2/c1-16-12-13-4-3-9-17(13)10-11-19-15-7-5-14(18-2)6-8-15/h5-8,13,16H,3-4,9-12H2,1-2H3. The molecule has 0 saturated carbocycles. The number of hydrogen-bond donors (Lipinski definition) is 1. The number of methoxy groups -OCH3 is 1. The largest absolute Gasteiger partial charge is 0.497 e. The van der Waals surface area contributed by atoms with E-state index < -0.39 is 0 Å².